The number of hydrogen-bond acceptors (Lipinski definition) is 3. The fraction of sp³-hybridized carbons (Fsp3) is 0. The highest BCUT2D eigenvalue weighted by Gasteiger charge is 1.97. The average Bonchev–Trinajstić information content (AvgIpc) is 1.88. The summed E-state index contributed by atoms with van der Waals surface area (Å²) in [5.41, 5.74) is -0.625. The minimum atomic E-state index is -2.13. The van der Waals surface area contributed by atoms with E-state index in [1.165, 1.54) is 12.3 Å². The van der Waals surface area contributed by atoms with Crippen LogP contribution >= 0.6 is 0 Å². The predicted octanol–water partition coefficient (Wildman–Crippen LogP) is -0.650. The number of aromatic amines is 1. The zero-order valence-corrected chi connectivity index (χ0v) is 5.59. The summed E-state index contributed by atoms with van der Waals surface area (Å²) in [7, 11) is 0. The van der Waals surface area contributed by atoms with Crippen LogP contribution in [0.25, 0.3) is 0 Å². The number of hydrogen-bond donors (Lipinski definition) is 2. The molecule has 0 aliphatic carbocycles. The molecule has 10 heavy (non-hydrogen) atoms. The van der Waals surface area contributed by atoms with Crippen molar-refractivity contribution in [1.82, 2.24) is 9.97 Å². The van der Waals surface area contributed by atoms with Gasteiger partial charge in [-0.15, -0.1) is 0 Å². The van der Waals surface area contributed by atoms with Crippen molar-refractivity contribution in [2.75, 3.05) is 0 Å². The third-order valence-electron chi connectivity index (χ3n) is 0.836. The van der Waals surface area contributed by atoms with Crippen LogP contribution in [0.2, 0.25) is 0 Å². The normalized spacial score (nSPS) is 12.9. The lowest BCUT2D eigenvalue weighted by Gasteiger charge is -1.89. The first-order valence-corrected chi connectivity index (χ1v) is 3.47. The van der Waals surface area contributed by atoms with Gasteiger partial charge >= 0.3 is 5.69 Å². The first kappa shape index (κ1) is 7.10. The summed E-state index contributed by atoms with van der Waals surface area (Å²) >= 11 is -2.13. The van der Waals surface area contributed by atoms with Crippen LogP contribution in [0, 0.1) is 0 Å². The molecule has 54 valence electrons. The highest BCUT2D eigenvalue weighted by atomic mass is 32.2. The van der Waals surface area contributed by atoms with Gasteiger partial charge in [0, 0.05) is 6.20 Å². The average molecular weight is 160 g/mol. The molecule has 0 fully saturated rings. The first-order valence-electron chi connectivity index (χ1n) is 2.36. The summed E-state index contributed by atoms with van der Waals surface area (Å²) < 4.78 is 18.7. The molecule has 0 saturated heterocycles. The second kappa shape index (κ2) is 2.72. The van der Waals surface area contributed by atoms with Gasteiger partial charge in [0.2, 0.25) is 11.1 Å². The number of aromatic nitrogens is 2. The first-order chi connectivity index (χ1) is 4.70. The second-order valence-electron chi connectivity index (χ2n) is 1.49. The highest BCUT2D eigenvalue weighted by Crippen LogP contribution is 1.91. The molecular formula is C4H4N2O3S. The molecule has 1 unspecified atom stereocenters. The molecule has 0 aromatic carbocycles. The van der Waals surface area contributed by atoms with Gasteiger partial charge in [-0.3, -0.25) is 4.98 Å². The summed E-state index contributed by atoms with van der Waals surface area (Å²) in [6.45, 7) is 0. The molecule has 1 atom stereocenters. The summed E-state index contributed by atoms with van der Waals surface area (Å²) in [6.07, 6.45) is 1.17. The van der Waals surface area contributed by atoms with Crippen LogP contribution < -0.4 is 5.69 Å². The molecule has 1 rings (SSSR count). The molecule has 1 aromatic heterocycles. The Morgan fingerprint density at radius 3 is 2.80 bits per heavy atom. The standard InChI is InChI=1S/C4H4N2O3S/c7-4-5-2-1-3(6-4)10(8)9/h1-2H,(H,8,9)(H,5,6,7). The lowest BCUT2D eigenvalue weighted by molar-refractivity contribution is 0.559. The topological polar surface area (TPSA) is 83.1 Å². The van der Waals surface area contributed by atoms with Crippen LogP contribution in [0.15, 0.2) is 22.1 Å². The summed E-state index contributed by atoms with van der Waals surface area (Å²) in [5.74, 6) is 0. The second-order valence-corrected chi connectivity index (χ2v) is 2.43. The third-order valence-corrected chi connectivity index (χ3v) is 1.45. The van der Waals surface area contributed by atoms with E-state index < -0.39 is 16.8 Å². The van der Waals surface area contributed by atoms with Gasteiger partial charge in [0.05, 0.1) is 0 Å². The van der Waals surface area contributed by atoms with Gasteiger partial charge in [-0.25, -0.2) is 14.0 Å². The Morgan fingerprint density at radius 1 is 1.70 bits per heavy atom. The zero-order chi connectivity index (χ0) is 7.56. The van der Waals surface area contributed by atoms with Crippen molar-refractivity contribution in [2.24, 2.45) is 0 Å². The van der Waals surface area contributed by atoms with Gasteiger partial charge in [0.1, 0.15) is 5.03 Å². The Labute approximate surface area is 58.4 Å². The maximum absolute atomic E-state index is 10.4. The highest BCUT2D eigenvalue weighted by molar-refractivity contribution is 7.79. The third kappa shape index (κ3) is 1.49. The molecule has 1 heterocycles. The fourth-order valence-corrected chi connectivity index (χ4v) is 0.806. The molecule has 0 aliphatic rings. The van der Waals surface area contributed by atoms with E-state index >= 15 is 0 Å². The van der Waals surface area contributed by atoms with Crippen LogP contribution in [0.5, 0.6) is 0 Å². The number of rotatable bonds is 1. The summed E-state index contributed by atoms with van der Waals surface area (Å²) in [4.78, 5) is 15.7. The van der Waals surface area contributed by atoms with Crippen molar-refractivity contribution in [2.45, 2.75) is 5.03 Å². The fourth-order valence-electron chi connectivity index (χ4n) is 0.454. The van der Waals surface area contributed by atoms with E-state index in [1.54, 1.807) is 0 Å². The minimum absolute atomic E-state index is 0.0417. The predicted molar refractivity (Wildman–Crippen MR) is 33.9 cm³/mol. The van der Waals surface area contributed by atoms with E-state index in [4.69, 9.17) is 4.55 Å². The van der Waals surface area contributed by atoms with Crippen molar-refractivity contribution in [3.63, 3.8) is 0 Å². The lowest BCUT2D eigenvalue weighted by atomic mass is 10.7. The van der Waals surface area contributed by atoms with Gasteiger partial charge in [-0.05, 0) is 6.07 Å². The SMILES string of the molecule is O=c1nccc(S(=O)O)[nH]1. The molecule has 0 saturated carbocycles. The van der Waals surface area contributed by atoms with E-state index in [-0.39, 0.29) is 5.03 Å². The number of H-pyrrole nitrogens is 1. The number of nitrogens with zero attached hydrogens (tertiary/aromatic N) is 1. The molecule has 0 radical (unpaired) electrons. The summed E-state index contributed by atoms with van der Waals surface area (Å²) in [6, 6.07) is 1.26. The smallest absolute Gasteiger partial charge is 0.301 e. The zero-order valence-electron chi connectivity index (χ0n) is 4.77. The Morgan fingerprint density at radius 2 is 2.40 bits per heavy atom. The van der Waals surface area contributed by atoms with Gasteiger partial charge in [-0.2, -0.15) is 0 Å². The molecule has 1 aromatic rings. The Bertz CT molecular complexity index is 307. The van der Waals surface area contributed by atoms with Crippen molar-refractivity contribution in [3.05, 3.63) is 22.7 Å². The van der Waals surface area contributed by atoms with Crippen molar-refractivity contribution in [1.29, 1.82) is 0 Å². The van der Waals surface area contributed by atoms with E-state index in [2.05, 4.69) is 9.97 Å². The van der Waals surface area contributed by atoms with E-state index in [1.807, 2.05) is 0 Å². The quantitative estimate of drug-likeness (QED) is 0.422. The lowest BCUT2D eigenvalue weighted by Crippen LogP contribution is -2.11. The van der Waals surface area contributed by atoms with Gasteiger partial charge < -0.3 is 4.55 Å². The molecule has 0 amide bonds. The Hall–Kier alpha value is -1.01. The van der Waals surface area contributed by atoms with Crippen molar-refractivity contribution < 1.29 is 8.76 Å². The van der Waals surface area contributed by atoms with Crippen LogP contribution in [-0.4, -0.2) is 18.7 Å². The van der Waals surface area contributed by atoms with Crippen molar-refractivity contribution in [3.8, 4) is 0 Å². The van der Waals surface area contributed by atoms with E-state index in [9.17, 15) is 9.00 Å². The molecule has 6 heteroatoms. The van der Waals surface area contributed by atoms with Crippen LogP contribution in [0.4, 0.5) is 0 Å². The van der Waals surface area contributed by atoms with Crippen molar-refractivity contribution >= 4 is 11.1 Å². The Balaban J connectivity index is 3.20. The van der Waals surface area contributed by atoms with Gasteiger partial charge in [-0.1, -0.05) is 0 Å². The molecule has 0 bridgehead atoms. The van der Waals surface area contributed by atoms with Gasteiger partial charge in [0.25, 0.3) is 0 Å². The maximum Gasteiger partial charge on any atom is 0.345 e. The van der Waals surface area contributed by atoms with E-state index in [0.29, 0.717) is 0 Å². The van der Waals surface area contributed by atoms with Crippen LogP contribution in [-0.2, 0) is 11.1 Å². The van der Waals surface area contributed by atoms with Gasteiger partial charge in [0.15, 0.2) is 0 Å². The van der Waals surface area contributed by atoms with Crippen LogP contribution in [0.1, 0.15) is 0 Å². The largest absolute Gasteiger partial charge is 0.345 e. The number of nitrogens with one attached hydrogen (secondary N) is 1. The molecule has 0 spiro atoms. The summed E-state index contributed by atoms with van der Waals surface area (Å²) in [5, 5.41) is -0.0417. The minimum Gasteiger partial charge on any atom is -0.301 e. The maximum atomic E-state index is 10.4. The molecule has 0 aliphatic heterocycles. The van der Waals surface area contributed by atoms with Crippen LogP contribution in [0.3, 0.4) is 0 Å². The molecule has 5 nitrogen and oxygen atoms in total. The van der Waals surface area contributed by atoms with E-state index in [0.717, 1.165) is 0 Å². The Kier molecular flexibility index (Phi) is 1.93. The molecule has 2 N–H and O–H groups in total. The monoisotopic (exact) mass is 160 g/mol. The molecular weight excluding hydrogens is 156 g/mol.